The lowest BCUT2D eigenvalue weighted by molar-refractivity contribution is 0.599. The van der Waals surface area contributed by atoms with Gasteiger partial charge in [-0.1, -0.05) is 48.5 Å². The van der Waals surface area contributed by atoms with Crippen LogP contribution in [-0.4, -0.2) is 16.8 Å². The van der Waals surface area contributed by atoms with Crippen molar-refractivity contribution in [2.45, 2.75) is 10.6 Å². The van der Waals surface area contributed by atoms with Gasteiger partial charge in [0.1, 0.15) is 0 Å². The molecule has 0 aliphatic heterocycles. The predicted octanol–water partition coefficient (Wildman–Crippen LogP) is 3.43. The van der Waals surface area contributed by atoms with Crippen molar-refractivity contribution in [2.24, 2.45) is 0 Å². The molecule has 27 heavy (non-hydrogen) atoms. The van der Waals surface area contributed by atoms with Gasteiger partial charge in [-0.25, -0.2) is 16.8 Å². The van der Waals surface area contributed by atoms with Gasteiger partial charge < -0.3 is 0 Å². The highest BCUT2D eigenvalue weighted by atomic mass is 32.2. The first-order chi connectivity index (χ1) is 12.8. The van der Waals surface area contributed by atoms with Crippen LogP contribution in [0.1, 0.15) is 5.56 Å². The van der Waals surface area contributed by atoms with E-state index < -0.39 is 20.0 Å². The Kier molecular flexibility index (Phi) is 5.48. The van der Waals surface area contributed by atoms with Gasteiger partial charge in [-0.3, -0.25) is 9.44 Å². The zero-order valence-electron chi connectivity index (χ0n) is 14.2. The molecule has 0 aromatic heterocycles. The summed E-state index contributed by atoms with van der Waals surface area (Å²) in [7, 11) is -7.35. The summed E-state index contributed by atoms with van der Waals surface area (Å²) in [4.78, 5) is 0.0392. The van der Waals surface area contributed by atoms with Crippen molar-refractivity contribution in [1.82, 2.24) is 0 Å². The molecule has 0 heterocycles. The van der Waals surface area contributed by atoms with Crippen LogP contribution in [0, 0.1) is 0 Å². The van der Waals surface area contributed by atoms with Gasteiger partial charge in [0.2, 0.25) is 10.0 Å². The van der Waals surface area contributed by atoms with Crippen molar-refractivity contribution in [1.29, 1.82) is 0 Å². The second-order valence-corrected chi connectivity index (χ2v) is 9.25. The summed E-state index contributed by atoms with van der Waals surface area (Å²) >= 11 is 0. The highest BCUT2D eigenvalue weighted by molar-refractivity contribution is 7.92. The van der Waals surface area contributed by atoms with Crippen molar-refractivity contribution < 1.29 is 16.8 Å². The van der Waals surface area contributed by atoms with Crippen LogP contribution in [0.15, 0.2) is 89.8 Å². The molecule has 0 spiro atoms. The maximum absolute atomic E-state index is 12.4. The molecule has 140 valence electrons. The second kappa shape index (κ2) is 7.81. The van der Waals surface area contributed by atoms with Crippen molar-refractivity contribution in [3.8, 4) is 0 Å². The lowest BCUT2D eigenvalue weighted by Crippen LogP contribution is -2.16. The van der Waals surface area contributed by atoms with E-state index in [0.717, 1.165) is 0 Å². The monoisotopic (exact) mass is 402 g/mol. The standard InChI is InChI=1S/C19H18N2O4S2/c22-26(23,15-16-7-3-1-4-8-16)20-18-11-13-19(14-12-18)27(24,25)21-17-9-5-2-6-10-17/h1-14,20-21H,15H2. The molecular formula is C19H18N2O4S2. The van der Waals surface area contributed by atoms with E-state index in [9.17, 15) is 16.8 Å². The molecule has 3 rings (SSSR count). The maximum Gasteiger partial charge on any atom is 0.261 e. The van der Waals surface area contributed by atoms with Gasteiger partial charge in [0.25, 0.3) is 10.0 Å². The van der Waals surface area contributed by atoms with E-state index in [1.54, 1.807) is 54.6 Å². The third-order valence-corrected chi connectivity index (χ3v) is 6.32. The minimum atomic E-state index is -3.75. The molecule has 0 atom stereocenters. The van der Waals surface area contributed by atoms with E-state index in [-0.39, 0.29) is 10.6 Å². The molecule has 0 saturated heterocycles. The number of para-hydroxylation sites is 1. The van der Waals surface area contributed by atoms with Gasteiger partial charge in [-0.15, -0.1) is 0 Å². The Hall–Kier alpha value is -2.84. The first-order valence-corrected chi connectivity index (χ1v) is 11.2. The Morgan fingerprint density at radius 1 is 0.593 bits per heavy atom. The Morgan fingerprint density at radius 2 is 1.11 bits per heavy atom. The van der Waals surface area contributed by atoms with E-state index >= 15 is 0 Å². The Bertz CT molecular complexity index is 1100. The van der Waals surface area contributed by atoms with Crippen molar-refractivity contribution in [3.63, 3.8) is 0 Å². The smallest absolute Gasteiger partial charge is 0.261 e. The third-order valence-electron chi connectivity index (χ3n) is 3.66. The Labute approximate surface area is 159 Å². The number of anilines is 2. The van der Waals surface area contributed by atoms with Crippen LogP contribution >= 0.6 is 0 Å². The summed E-state index contributed by atoms with van der Waals surface area (Å²) in [5.74, 6) is -0.163. The molecule has 0 radical (unpaired) electrons. The second-order valence-electron chi connectivity index (χ2n) is 5.84. The highest BCUT2D eigenvalue weighted by Gasteiger charge is 2.15. The molecule has 3 aromatic rings. The van der Waals surface area contributed by atoms with Gasteiger partial charge in [-0.05, 0) is 42.0 Å². The largest absolute Gasteiger partial charge is 0.283 e. The molecule has 0 aliphatic rings. The number of hydrogen-bond donors (Lipinski definition) is 2. The van der Waals surface area contributed by atoms with Crippen molar-refractivity contribution >= 4 is 31.4 Å². The minimum Gasteiger partial charge on any atom is -0.283 e. The number of sulfonamides is 2. The molecule has 8 heteroatoms. The Morgan fingerprint density at radius 3 is 1.70 bits per heavy atom. The van der Waals surface area contributed by atoms with E-state index in [1.165, 1.54) is 24.3 Å². The summed E-state index contributed by atoms with van der Waals surface area (Å²) in [6, 6.07) is 22.9. The highest BCUT2D eigenvalue weighted by Crippen LogP contribution is 2.19. The molecule has 6 nitrogen and oxygen atoms in total. The van der Waals surface area contributed by atoms with Gasteiger partial charge in [0.05, 0.1) is 10.6 Å². The molecule has 3 aromatic carbocycles. The average molecular weight is 402 g/mol. The van der Waals surface area contributed by atoms with Crippen LogP contribution in [0.25, 0.3) is 0 Å². The molecule has 0 amide bonds. The Balaban J connectivity index is 1.71. The van der Waals surface area contributed by atoms with Crippen LogP contribution in [0.3, 0.4) is 0 Å². The number of nitrogens with one attached hydrogen (secondary N) is 2. The first-order valence-electron chi connectivity index (χ1n) is 8.06. The molecular weight excluding hydrogens is 384 g/mol. The SMILES string of the molecule is O=S(=O)(Cc1ccccc1)Nc1ccc(S(=O)(=O)Nc2ccccc2)cc1. The lowest BCUT2D eigenvalue weighted by Gasteiger charge is -2.10. The molecule has 0 aliphatic carbocycles. The van der Waals surface area contributed by atoms with Gasteiger partial charge in [0.15, 0.2) is 0 Å². The number of benzene rings is 3. The minimum absolute atomic E-state index is 0.0392. The normalized spacial score (nSPS) is 11.7. The quantitative estimate of drug-likeness (QED) is 0.633. The zero-order chi connectivity index (χ0) is 19.3. The van der Waals surface area contributed by atoms with Crippen molar-refractivity contribution in [2.75, 3.05) is 9.44 Å². The summed E-state index contributed by atoms with van der Waals surface area (Å²) in [6.45, 7) is 0. The molecule has 0 saturated carbocycles. The third kappa shape index (κ3) is 5.32. The molecule has 0 unspecified atom stereocenters. The maximum atomic E-state index is 12.4. The van der Waals surface area contributed by atoms with E-state index in [1.807, 2.05) is 6.07 Å². The van der Waals surface area contributed by atoms with Gasteiger partial charge >= 0.3 is 0 Å². The molecule has 0 bridgehead atoms. The average Bonchev–Trinajstić information content (AvgIpc) is 2.63. The number of hydrogen-bond acceptors (Lipinski definition) is 4. The van der Waals surface area contributed by atoms with Crippen molar-refractivity contribution in [3.05, 3.63) is 90.5 Å². The fourth-order valence-electron chi connectivity index (χ4n) is 2.43. The fourth-order valence-corrected chi connectivity index (χ4v) is 4.69. The number of rotatable bonds is 7. The summed E-state index contributed by atoms with van der Waals surface area (Å²) in [6.07, 6.45) is 0. The fraction of sp³-hybridized carbons (Fsp3) is 0.0526. The lowest BCUT2D eigenvalue weighted by atomic mass is 10.2. The molecule has 0 fully saturated rings. The zero-order valence-corrected chi connectivity index (χ0v) is 15.9. The van der Waals surface area contributed by atoms with Gasteiger partial charge in [0, 0.05) is 11.4 Å². The first kappa shape index (κ1) is 18.9. The van der Waals surface area contributed by atoms with Crippen LogP contribution in [-0.2, 0) is 25.8 Å². The van der Waals surface area contributed by atoms with Crippen LogP contribution in [0.5, 0.6) is 0 Å². The summed E-state index contributed by atoms with van der Waals surface area (Å²) in [5, 5.41) is 0. The van der Waals surface area contributed by atoms with E-state index in [4.69, 9.17) is 0 Å². The topological polar surface area (TPSA) is 92.3 Å². The summed E-state index contributed by atoms with van der Waals surface area (Å²) in [5.41, 5.74) is 1.41. The summed E-state index contributed by atoms with van der Waals surface area (Å²) < 4.78 is 54.2. The predicted molar refractivity (Wildman–Crippen MR) is 106 cm³/mol. The molecule has 2 N–H and O–H groups in total. The van der Waals surface area contributed by atoms with E-state index in [2.05, 4.69) is 9.44 Å². The van der Waals surface area contributed by atoms with Crippen LogP contribution in [0.4, 0.5) is 11.4 Å². The van der Waals surface area contributed by atoms with E-state index in [0.29, 0.717) is 16.9 Å². The van der Waals surface area contributed by atoms with Gasteiger partial charge in [-0.2, -0.15) is 0 Å². The van der Waals surface area contributed by atoms with Crippen LogP contribution in [0.2, 0.25) is 0 Å². The van der Waals surface area contributed by atoms with Crippen LogP contribution < -0.4 is 9.44 Å².